The van der Waals surface area contributed by atoms with E-state index in [0.29, 0.717) is 11.4 Å². The Bertz CT molecular complexity index is 372. The third kappa shape index (κ3) is 3.68. The van der Waals surface area contributed by atoms with E-state index in [2.05, 4.69) is 5.32 Å². The van der Waals surface area contributed by atoms with Crippen molar-refractivity contribution in [3.8, 4) is 0 Å². The fraction of sp³-hybridized carbons (Fsp3) is 0.571. The van der Waals surface area contributed by atoms with Gasteiger partial charge in [-0.25, -0.2) is 4.39 Å². The Labute approximate surface area is 107 Å². The Balaban J connectivity index is 1.87. The molecule has 1 nitrogen and oxygen atoms in total. The van der Waals surface area contributed by atoms with E-state index >= 15 is 0 Å². The summed E-state index contributed by atoms with van der Waals surface area (Å²) < 4.78 is 13.1. The highest BCUT2D eigenvalue weighted by atomic mass is 35.5. The molecule has 1 N–H and O–H groups in total. The average Bonchev–Trinajstić information content (AvgIpc) is 2.32. The topological polar surface area (TPSA) is 12.0 Å². The molecule has 1 aliphatic rings. The molecular weight excluding hydrogens is 237 g/mol. The van der Waals surface area contributed by atoms with Gasteiger partial charge in [-0.1, -0.05) is 6.07 Å². The van der Waals surface area contributed by atoms with Gasteiger partial charge in [-0.15, -0.1) is 11.6 Å². The number of hydrogen-bond donors (Lipinski definition) is 1. The second kappa shape index (κ2) is 5.83. The van der Waals surface area contributed by atoms with Crippen LogP contribution in [0.1, 0.15) is 36.8 Å². The fourth-order valence-corrected chi connectivity index (χ4v) is 2.59. The molecule has 0 aliphatic heterocycles. The summed E-state index contributed by atoms with van der Waals surface area (Å²) in [4.78, 5) is 0. The van der Waals surface area contributed by atoms with Crippen molar-refractivity contribution in [1.82, 2.24) is 5.32 Å². The molecule has 0 radical (unpaired) electrons. The molecule has 0 atom stereocenters. The Morgan fingerprint density at radius 1 is 1.29 bits per heavy atom. The highest BCUT2D eigenvalue weighted by Crippen LogP contribution is 2.23. The third-order valence-corrected chi connectivity index (χ3v) is 3.99. The van der Waals surface area contributed by atoms with E-state index < -0.39 is 0 Å². The minimum absolute atomic E-state index is 0.156. The highest BCUT2D eigenvalue weighted by Gasteiger charge is 2.18. The lowest BCUT2D eigenvalue weighted by atomic mass is 9.94. The molecule has 1 fully saturated rings. The zero-order valence-electron chi connectivity index (χ0n) is 10.2. The van der Waals surface area contributed by atoms with Gasteiger partial charge in [0.15, 0.2) is 0 Å². The zero-order valence-corrected chi connectivity index (χ0v) is 10.9. The lowest BCUT2D eigenvalue weighted by molar-refractivity contribution is 0.375. The Kier molecular flexibility index (Phi) is 4.41. The molecule has 0 bridgehead atoms. The first-order chi connectivity index (χ1) is 8.15. The molecule has 0 amide bonds. The van der Waals surface area contributed by atoms with E-state index in [0.717, 1.165) is 43.4 Å². The normalized spacial score (nSPS) is 24.9. The SMILES string of the molecule is Cc1ccc(F)cc1CNC1CCC(Cl)CC1. The van der Waals surface area contributed by atoms with E-state index in [-0.39, 0.29) is 5.82 Å². The molecule has 0 unspecified atom stereocenters. The van der Waals surface area contributed by atoms with Gasteiger partial charge in [0.25, 0.3) is 0 Å². The van der Waals surface area contributed by atoms with Crippen molar-refractivity contribution >= 4 is 11.6 Å². The van der Waals surface area contributed by atoms with Gasteiger partial charge in [0.05, 0.1) is 0 Å². The van der Waals surface area contributed by atoms with Crippen LogP contribution < -0.4 is 5.32 Å². The van der Waals surface area contributed by atoms with Crippen LogP contribution in [0, 0.1) is 12.7 Å². The number of benzene rings is 1. The van der Waals surface area contributed by atoms with Crippen LogP contribution in [-0.2, 0) is 6.54 Å². The molecule has 3 heteroatoms. The minimum atomic E-state index is -0.156. The molecule has 2 rings (SSSR count). The zero-order chi connectivity index (χ0) is 12.3. The predicted molar refractivity (Wildman–Crippen MR) is 69.9 cm³/mol. The predicted octanol–water partition coefficient (Wildman–Crippen LogP) is 3.77. The number of nitrogens with one attached hydrogen (secondary N) is 1. The summed E-state index contributed by atoms with van der Waals surface area (Å²) in [6.07, 6.45) is 4.42. The van der Waals surface area contributed by atoms with E-state index in [9.17, 15) is 4.39 Å². The van der Waals surface area contributed by atoms with Crippen molar-refractivity contribution in [1.29, 1.82) is 0 Å². The summed E-state index contributed by atoms with van der Waals surface area (Å²) in [5, 5.41) is 3.85. The van der Waals surface area contributed by atoms with Crippen LogP contribution in [0.3, 0.4) is 0 Å². The monoisotopic (exact) mass is 255 g/mol. The van der Waals surface area contributed by atoms with Crippen LogP contribution in [-0.4, -0.2) is 11.4 Å². The van der Waals surface area contributed by atoms with Crippen LogP contribution in [0.5, 0.6) is 0 Å². The van der Waals surface area contributed by atoms with Crippen molar-refractivity contribution in [3.05, 3.63) is 35.1 Å². The summed E-state index contributed by atoms with van der Waals surface area (Å²) >= 11 is 6.07. The summed E-state index contributed by atoms with van der Waals surface area (Å²) in [6.45, 7) is 2.77. The Morgan fingerprint density at radius 3 is 2.71 bits per heavy atom. The van der Waals surface area contributed by atoms with Gasteiger partial charge in [-0.05, 0) is 55.9 Å². The molecule has 1 aromatic carbocycles. The van der Waals surface area contributed by atoms with Crippen molar-refractivity contribution in [2.75, 3.05) is 0 Å². The molecule has 0 heterocycles. The molecule has 0 saturated heterocycles. The van der Waals surface area contributed by atoms with Crippen LogP contribution >= 0.6 is 11.6 Å². The first-order valence-electron chi connectivity index (χ1n) is 6.27. The second-order valence-corrected chi connectivity index (χ2v) is 5.52. The van der Waals surface area contributed by atoms with Gasteiger partial charge in [0.2, 0.25) is 0 Å². The quantitative estimate of drug-likeness (QED) is 0.811. The molecule has 17 heavy (non-hydrogen) atoms. The third-order valence-electron chi connectivity index (χ3n) is 3.55. The lowest BCUT2D eigenvalue weighted by Gasteiger charge is -2.26. The maximum absolute atomic E-state index is 13.1. The average molecular weight is 256 g/mol. The van der Waals surface area contributed by atoms with Crippen molar-refractivity contribution < 1.29 is 4.39 Å². The number of rotatable bonds is 3. The van der Waals surface area contributed by atoms with Crippen LogP contribution in [0.4, 0.5) is 4.39 Å². The maximum Gasteiger partial charge on any atom is 0.123 e. The number of hydrogen-bond acceptors (Lipinski definition) is 1. The van der Waals surface area contributed by atoms with E-state index in [1.165, 1.54) is 6.07 Å². The number of alkyl halides is 1. The number of halogens is 2. The largest absolute Gasteiger partial charge is 0.310 e. The summed E-state index contributed by atoms with van der Waals surface area (Å²) in [7, 11) is 0. The van der Waals surface area contributed by atoms with E-state index in [1.54, 1.807) is 6.07 Å². The highest BCUT2D eigenvalue weighted by molar-refractivity contribution is 6.20. The van der Waals surface area contributed by atoms with Crippen molar-refractivity contribution in [3.63, 3.8) is 0 Å². The van der Waals surface area contributed by atoms with Gasteiger partial charge in [0, 0.05) is 18.0 Å². The van der Waals surface area contributed by atoms with Gasteiger partial charge >= 0.3 is 0 Å². The molecule has 0 spiro atoms. The second-order valence-electron chi connectivity index (χ2n) is 4.90. The Morgan fingerprint density at radius 2 is 2.00 bits per heavy atom. The molecule has 1 aromatic rings. The minimum Gasteiger partial charge on any atom is -0.310 e. The summed E-state index contributed by atoms with van der Waals surface area (Å²) in [5.74, 6) is -0.156. The number of aryl methyl sites for hydroxylation is 1. The van der Waals surface area contributed by atoms with E-state index in [1.807, 2.05) is 13.0 Å². The summed E-state index contributed by atoms with van der Waals surface area (Å²) in [5.41, 5.74) is 2.20. The lowest BCUT2D eigenvalue weighted by Crippen LogP contribution is -2.33. The van der Waals surface area contributed by atoms with Gasteiger partial charge in [0.1, 0.15) is 5.82 Å². The Hall–Kier alpha value is -0.600. The molecule has 94 valence electrons. The van der Waals surface area contributed by atoms with Crippen LogP contribution in [0.2, 0.25) is 0 Å². The van der Waals surface area contributed by atoms with Gasteiger partial charge in [-0.2, -0.15) is 0 Å². The fourth-order valence-electron chi connectivity index (χ4n) is 2.34. The molecule has 1 aliphatic carbocycles. The molecule has 1 saturated carbocycles. The molecule has 0 aromatic heterocycles. The van der Waals surface area contributed by atoms with Gasteiger partial charge in [-0.3, -0.25) is 0 Å². The van der Waals surface area contributed by atoms with Gasteiger partial charge < -0.3 is 5.32 Å². The first kappa shape index (κ1) is 12.8. The van der Waals surface area contributed by atoms with Crippen LogP contribution in [0.15, 0.2) is 18.2 Å². The van der Waals surface area contributed by atoms with Crippen molar-refractivity contribution in [2.45, 2.75) is 50.6 Å². The first-order valence-corrected chi connectivity index (χ1v) is 6.71. The van der Waals surface area contributed by atoms with Crippen LogP contribution in [0.25, 0.3) is 0 Å². The standard InChI is InChI=1S/C14H19ClFN/c1-10-2-5-13(16)8-11(10)9-17-14-6-3-12(15)4-7-14/h2,5,8,12,14,17H,3-4,6-7,9H2,1H3. The summed E-state index contributed by atoms with van der Waals surface area (Å²) in [6, 6.07) is 5.50. The smallest absolute Gasteiger partial charge is 0.123 e. The maximum atomic E-state index is 13.1. The van der Waals surface area contributed by atoms with E-state index in [4.69, 9.17) is 11.6 Å². The van der Waals surface area contributed by atoms with Crippen molar-refractivity contribution in [2.24, 2.45) is 0 Å². The molecular formula is C14H19ClFN.